The van der Waals surface area contributed by atoms with Gasteiger partial charge in [-0.1, -0.05) is 36.4 Å². The average molecular weight is 595 g/mol. The molecule has 0 saturated carbocycles. The third-order valence-corrected chi connectivity index (χ3v) is 7.40. The average Bonchev–Trinajstić information content (AvgIpc) is 3.27. The van der Waals surface area contributed by atoms with E-state index < -0.39 is 41.9 Å². The Labute approximate surface area is 254 Å². The number of carbonyl (C=O) groups is 4. The molecule has 0 radical (unpaired) electrons. The molecule has 0 unspecified atom stereocenters. The number of ether oxygens (including phenoxy) is 1. The fraction of sp³-hybridized carbons (Fsp3) is 0.176. The number of nitrogens with one attached hydrogen (secondary N) is 1. The van der Waals surface area contributed by atoms with Crippen LogP contribution in [0, 0.1) is 5.82 Å². The number of rotatable bonds is 10. The molecule has 44 heavy (non-hydrogen) atoms. The summed E-state index contributed by atoms with van der Waals surface area (Å²) in [5.41, 5.74) is 3.00. The maximum atomic E-state index is 14.2. The standard InChI is InChI=1S/C34H31FN4O5/c1-37(2)26-16-14-25(15-17-26)36-33(42)31(23-10-12-24(35)13-11-23)39(20-22-8-18-27(44-3)19-9-22)30(40)21-38-29-7-5-4-6-28(29)32(41)34(38)43/h4-19,31H,20-21H2,1-3H3,(H,36,42)/t31-/m1/s1. The molecule has 0 saturated heterocycles. The van der Waals surface area contributed by atoms with Crippen LogP contribution in [0.5, 0.6) is 5.75 Å². The smallest absolute Gasteiger partial charge is 0.299 e. The lowest BCUT2D eigenvalue weighted by atomic mass is 10.0. The molecule has 0 spiro atoms. The molecular weight excluding hydrogens is 563 g/mol. The third kappa shape index (κ3) is 6.29. The molecular formula is C34H31FN4O5. The summed E-state index contributed by atoms with van der Waals surface area (Å²) in [6.45, 7) is -0.518. The number of para-hydroxylation sites is 1. The monoisotopic (exact) mass is 594 g/mol. The molecule has 4 aromatic carbocycles. The molecule has 1 aliphatic rings. The van der Waals surface area contributed by atoms with Crippen molar-refractivity contribution in [3.8, 4) is 5.75 Å². The minimum absolute atomic E-state index is 0.0323. The topological polar surface area (TPSA) is 99.3 Å². The first-order valence-electron chi connectivity index (χ1n) is 13.9. The van der Waals surface area contributed by atoms with Crippen LogP contribution in [0.1, 0.15) is 27.5 Å². The lowest BCUT2D eigenvalue weighted by Crippen LogP contribution is -2.46. The molecule has 1 N–H and O–H groups in total. The number of ketones is 1. The number of Topliss-reactive ketones (excluding diaryl/α,β-unsaturated/α-hetero) is 1. The van der Waals surface area contributed by atoms with Gasteiger partial charge in [0.1, 0.15) is 24.2 Å². The van der Waals surface area contributed by atoms with E-state index in [-0.39, 0.29) is 12.1 Å². The summed E-state index contributed by atoms with van der Waals surface area (Å²) < 4.78 is 19.3. The van der Waals surface area contributed by atoms with Gasteiger partial charge < -0.3 is 19.9 Å². The Hall–Kier alpha value is -5.51. The molecule has 0 aromatic heterocycles. The molecule has 1 heterocycles. The van der Waals surface area contributed by atoms with Crippen LogP contribution in [0.15, 0.2) is 97.1 Å². The SMILES string of the molecule is COc1ccc(CN(C(=O)CN2C(=O)C(=O)c3ccccc32)[C@@H](C(=O)Nc2ccc(N(C)C)cc2)c2ccc(F)cc2)cc1. The molecule has 4 aromatic rings. The van der Waals surface area contributed by atoms with Gasteiger partial charge in [0, 0.05) is 32.0 Å². The van der Waals surface area contributed by atoms with Crippen LogP contribution in [0.25, 0.3) is 0 Å². The van der Waals surface area contributed by atoms with E-state index in [4.69, 9.17) is 4.74 Å². The highest BCUT2D eigenvalue weighted by atomic mass is 19.1. The van der Waals surface area contributed by atoms with Gasteiger partial charge in [-0.25, -0.2) is 4.39 Å². The van der Waals surface area contributed by atoms with E-state index in [1.807, 2.05) is 31.1 Å². The molecule has 1 aliphatic heterocycles. The van der Waals surface area contributed by atoms with Crippen LogP contribution in [-0.2, 0) is 20.9 Å². The minimum Gasteiger partial charge on any atom is -0.497 e. The molecule has 10 heteroatoms. The number of benzene rings is 4. The fourth-order valence-corrected chi connectivity index (χ4v) is 5.05. The van der Waals surface area contributed by atoms with Crippen LogP contribution in [-0.4, -0.2) is 56.2 Å². The Kier molecular flexibility index (Phi) is 8.71. The van der Waals surface area contributed by atoms with Crippen molar-refractivity contribution in [3.63, 3.8) is 0 Å². The predicted molar refractivity (Wildman–Crippen MR) is 165 cm³/mol. The predicted octanol–water partition coefficient (Wildman–Crippen LogP) is 4.84. The van der Waals surface area contributed by atoms with Gasteiger partial charge in [-0.3, -0.25) is 24.1 Å². The Bertz CT molecular complexity index is 1690. The normalized spacial score (nSPS) is 12.9. The number of fused-ring (bicyclic) bond motifs is 1. The fourth-order valence-electron chi connectivity index (χ4n) is 5.05. The number of hydrogen-bond acceptors (Lipinski definition) is 6. The lowest BCUT2D eigenvalue weighted by molar-refractivity contribution is -0.139. The maximum Gasteiger partial charge on any atom is 0.299 e. The van der Waals surface area contributed by atoms with E-state index in [0.717, 1.165) is 10.6 Å². The first kappa shape index (κ1) is 30.0. The Morgan fingerprint density at radius 3 is 2.18 bits per heavy atom. The molecule has 1 atom stereocenters. The van der Waals surface area contributed by atoms with E-state index in [9.17, 15) is 23.6 Å². The molecule has 0 bridgehead atoms. The van der Waals surface area contributed by atoms with Crippen molar-refractivity contribution in [2.75, 3.05) is 42.9 Å². The van der Waals surface area contributed by atoms with Gasteiger partial charge in [-0.15, -0.1) is 0 Å². The number of nitrogens with zero attached hydrogens (tertiary/aromatic N) is 3. The van der Waals surface area contributed by atoms with Crippen molar-refractivity contribution in [1.29, 1.82) is 0 Å². The van der Waals surface area contributed by atoms with Gasteiger partial charge in [0.05, 0.1) is 18.4 Å². The highest BCUT2D eigenvalue weighted by Gasteiger charge is 2.39. The van der Waals surface area contributed by atoms with Crippen molar-refractivity contribution in [2.24, 2.45) is 0 Å². The number of amides is 3. The maximum absolute atomic E-state index is 14.2. The Morgan fingerprint density at radius 1 is 0.886 bits per heavy atom. The van der Waals surface area contributed by atoms with Gasteiger partial charge in [0.2, 0.25) is 5.91 Å². The summed E-state index contributed by atoms with van der Waals surface area (Å²) in [5, 5.41) is 2.89. The van der Waals surface area contributed by atoms with Gasteiger partial charge in [0.15, 0.2) is 0 Å². The number of methoxy groups -OCH3 is 1. The van der Waals surface area contributed by atoms with Crippen LogP contribution < -0.4 is 19.9 Å². The van der Waals surface area contributed by atoms with E-state index >= 15 is 0 Å². The zero-order valence-electron chi connectivity index (χ0n) is 24.5. The Morgan fingerprint density at radius 2 is 1.55 bits per heavy atom. The number of hydrogen-bond donors (Lipinski definition) is 1. The minimum atomic E-state index is -1.22. The van der Waals surface area contributed by atoms with Crippen molar-refractivity contribution >= 4 is 40.6 Å². The molecule has 3 amide bonds. The number of halogens is 1. The second-order valence-corrected chi connectivity index (χ2v) is 10.5. The lowest BCUT2D eigenvalue weighted by Gasteiger charge is -2.33. The second kappa shape index (κ2) is 12.8. The summed E-state index contributed by atoms with van der Waals surface area (Å²) in [7, 11) is 5.34. The number of carbonyl (C=O) groups excluding carboxylic acids is 4. The second-order valence-electron chi connectivity index (χ2n) is 10.5. The summed E-state index contributed by atoms with van der Waals surface area (Å²) in [5.74, 6) is -2.56. The van der Waals surface area contributed by atoms with E-state index in [2.05, 4.69) is 5.32 Å². The van der Waals surface area contributed by atoms with Crippen LogP contribution in [0.2, 0.25) is 0 Å². The summed E-state index contributed by atoms with van der Waals surface area (Å²) in [6, 6.07) is 24.7. The Balaban J connectivity index is 1.53. The molecule has 224 valence electrons. The molecule has 5 rings (SSSR count). The van der Waals surface area contributed by atoms with Crippen LogP contribution in [0.4, 0.5) is 21.5 Å². The third-order valence-electron chi connectivity index (χ3n) is 7.40. The van der Waals surface area contributed by atoms with Gasteiger partial charge >= 0.3 is 0 Å². The van der Waals surface area contributed by atoms with Crippen LogP contribution >= 0.6 is 0 Å². The van der Waals surface area contributed by atoms with Gasteiger partial charge in [0.25, 0.3) is 17.6 Å². The van der Waals surface area contributed by atoms with E-state index in [1.54, 1.807) is 54.6 Å². The summed E-state index contributed by atoms with van der Waals surface area (Å²) in [4.78, 5) is 58.2. The highest BCUT2D eigenvalue weighted by molar-refractivity contribution is 6.52. The van der Waals surface area contributed by atoms with Crippen molar-refractivity contribution in [2.45, 2.75) is 12.6 Å². The zero-order chi connectivity index (χ0) is 31.4. The van der Waals surface area contributed by atoms with Crippen LogP contribution in [0.3, 0.4) is 0 Å². The highest BCUT2D eigenvalue weighted by Crippen LogP contribution is 2.31. The van der Waals surface area contributed by atoms with Crippen molar-refractivity contribution in [1.82, 2.24) is 4.90 Å². The quantitative estimate of drug-likeness (QED) is 0.264. The molecule has 9 nitrogen and oxygen atoms in total. The van der Waals surface area contributed by atoms with Crippen molar-refractivity contribution < 1.29 is 28.3 Å². The first-order chi connectivity index (χ1) is 21.2. The molecule has 0 aliphatic carbocycles. The van der Waals surface area contributed by atoms with E-state index in [1.165, 1.54) is 42.3 Å². The van der Waals surface area contributed by atoms with Gasteiger partial charge in [-0.2, -0.15) is 0 Å². The summed E-state index contributed by atoms with van der Waals surface area (Å²) >= 11 is 0. The van der Waals surface area contributed by atoms with Gasteiger partial charge in [-0.05, 0) is 71.8 Å². The zero-order valence-corrected chi connectivity index (χ0v) is 24.5. The van der Waals surface area contributed by atoms with E-state index in [0.29, 0.717) is 28.3 Å². The molecule has 0 fully saturated rings. The number of anilines is 3. The largest absolute Gasteiger partial charge is 0.497 e. The van der Waals surface area contributed by atoms with Crippen molar-refractivity contribution in [3.05, 3.63) is 120 Å². The first-order valence-corrected chi connectivity index (χ1v) is 13.9. The summed E-state index contributed by atoms with van der Waals surface area (Å²) in [6.07, 6.45) is 0.